The molecule has 1 unspecified atom stereocenters. The summed E-state index contributed by atoms with van der Waals surface area (Å²) in [6.07, 6.45) is 0.694. The minimum absolute atomic E-state index is 0.549. The first-order chi connectivity index (χ1) is 11.6. The molecule has 0 bridgehead atoms. The Bertz CT molecular complexity index is 986. The lowest BCUT2D eigenvalue weighted by atomic mass is 9.88. The molecule has 126 valence electrons. The number of carbonyl (C=O) groups excluding carboxylic acids is 2. The summed E-state index contributed by atoms with van der Waals surface area (Å²) < 4.78 is 0. The first-order valence-electron chi connectivity index (χ1n) is 6.50. The number of aliphatic carboxylic acids is 1. The van der Waals surface area contributed by atoms with E-state index in [4.69, 9.17) is 10.2 Å². The van der Waals surface area contributed by atoms with Gasteiger partial charge < -0.3 is 25.6 Å². The largest absolute Gasteiger partial charge is 0.623 e. The topological polar surface area (TPSA) is 186 Å². The number of ketones is 2. The molecule has 1 aliphatic heterocycles. The van der Waals surface area contributed by atoms with Crippen molar-refractivity contribution in [3.8, 4) is 0 Å². The highest BCUT2D eigenvalue weighted by molar-refractivity contribution is 6.53. The summed E-state index contributed by atoms with van der Waals surface area (Å²) in [5.41, 5.74) is -4.87. The maximum absolute atomic E-state index is 12.3. The first kappa shape index (κ1) is 16.2. The zero-order chi connectivity index (χ0) is 18.6. The van der Waals surface area contributed by atoms with E-state index in [0.29, 0.717) is 12.1 Å². The molecule has 25 heavy (non-hydrogen) atoms. The van der Waals surface area contributed by atoms with Crippen LogP contribution < -0.4 is 5.06 Å². The average molecular weight is 346 g/mol. The number of carboxylic acid groups (broad SMARTS) is 3. The van der Waals surface area contributed by atoms with E-state index in [9.17, 15) is 34.3 Å². The third-order valence-corrected chi connectivity index (χ3v) is 3.65. The Morgan fingerprint density at radius 1 is 1.00 bits per heavy atom. The molecule has 1 aliphatic carbocycles. The second-order valence-corrected chi connectivity index (χ2v) is 5.03. The minimum Gasteiger partial charge on any atom is -0.623 e. The normalized spacial score (nSPS) is 18.6. The number of nitrogens with one attached hydrogen (secondary N) is 1. The minimum atomic E-state index is -1.67. The lowest BCUT2D eigenvalue weighted by molar-refractivity contribution is -0.715. The predicted molar refractivity (Wildman–Crippen MR) is 74.5 cm³/mol. The number of allylic oxidation sites excluding steroid dienone is 2. The Balaban J connectivity index is 2.38. The number of carboxylic acids is 3. The third kappa shape index (κ3) is 2.14. The average Bonchev–Trinajstić information content (AvgIpc) is 2.89. The number of hydroxylamine groups is 2. The van der Waals surface area contributed by atoms with E-state index in [2.05, 4.69) is 4.98 Å². The van der Waals surface area contributed by atoms with Crippen LogP contribution in [-0.4, -0.2) is 49.8 Å². The highest BCUT2D eigenvalue weighted by Gasteiger charge is 2.45. The molecule has 0 spiro atoms. The van der Waals surface area contributed by atoms with Crippen LogP contribution in [0.4, 0.5) is 0 Å². The number of fused-ring (bicyclic) bond motifs is 2. The van der Waals surface area contributed by atoms with Gasteiger partial charge in [0.2, 0.25) is 11.5 Å². The summed E-state index contributed by atoms with van der Waals surface area (Å²) >= 11 is 0. The summed E-state index contributed by atoms with van der Waals surface area (Å²) in [5.74, 6) is -7.57. The molecular formula is C14H6N2O9. The number of Topliss-reactive ketones (excluding diaryl/α,β-unsaturated/α-hetero) is 2. The monoisotopic (exact) mass is 346 g/mol. The van der Waals surface area contributed by atoms with E-state index in [1.165, 1.54) is 0 Å². The van der Waals surface area contributed by atoms with Crippen LogP contribution in [0.1, 0.15) is 36.9 Å². The molecule has 0 fully saturated rings. The zero-order valence-electron chi connectivity index (χ0n) is 11.9. The van der Waals surface area contributed by atoms with E-state index < -0.39 is 74.0 Å². The van der Waals surface area contributed by atoms with Crippen LogP contribution in [-0.2, 0) is 9.59 Å². The summed E-state index contributed by atoms with van der Waals surface area (Å²) in [4.78, 5) is 61.4. The van der Waals surface area contributed by atoms with Gasteiger partial charge in [-0.2, -0.15) is 0 Å². The van der Waals surface area contributed by atoms with Crippen LogP contribution in [0.5, 0.6) is 0 Å². The maximum atomic E-state index is 12.3. The number of hydrogen-bond acceptors (Lipinski definition) is 7. The van der Waals surface area contributed by atoms with Crippen molar-refractivity contribution in [2.24, 2.45) is 0 Å². The fourth-order valence-electron chi connectivity index (χ4n) is 2.60. The Morgan fingerprint density at radius 3 is 2.16 bits per heavy atom. The van der Waals surface area contributed by atoms with E-state index in [-0.39, 0.29) is 0 Å². The molecule has 2 heterocycles. The summed E-state index contributed by atoms with van der Waals surface area (Å²) in [5, 5.41) is 38.4. The van der Waals surface area contributed by atoms with Gasteiger partial charge in [-0.3, -0.25) is 9.59 Å². The van der Waals surface area contributed by atoms with Crippen LogP contribution in [0.25, 0.3) is 5.70 Å². The maximum Gasteiger partial charge on any atom is 0.391 e. The van der Waals surface area contributed by atoms with E-state index >= 15 is 0 Å². The number of aromatic carboxylic acids is 2. The number of quaternary nitrogens is 1. The van der Waals surface area contributed by atoms with Crippen molar-refractivity contribution >= 4 is 35.2 Å². The summed E-state index contributed by atoms with van der Waals surface area (Å²) in [6.45, 7) is 0. The van der Waals surface area contributed by atoms with E-state index in [0.717, 1.165) is 0 Å². The molecule has 2 aliphatic rings. The van der Waals surface area contributed by atoms with Gasteiger partial charge in [0.1, 0.15) is 11.4 Å². The highest BCUT2D eigenvalue weighted by atomic mass is 16.5. The number of carbonyl (C=O) groups is 5. The quantitative estimate of drug-likeness (QED) is 0.363. The smallest absolute Gasteiger partial charge is 0.391 e. The van der Waals surface area contributed by atoms with Gasteiger partial charge >= 0.3 is 17.9 Å². The van der Waals surface area contributed by atoms with Gasteiger partial charge in [0.05, 0.1) is 16.7 Å². The van der Waals surface area contributed by atoms with E-state index in [1.807, 2.05) is 0 Å². The van der Waals surface area contributed by atoms with Crippen molar-refractivity contribution in [3.63, 3.8) is 0 Å². The fraction of sp³-hybridized carbons (Fsp3) is 0. The van der Waals surface area contributed by atoms with Gasteiger partial charge in [-0.25, -0.2) is 19.4 Å². The van der Waals surface area contributed by atoms with Crippen LogP contribution in [0, 0.1) is 5.21 Å². The predicted octanol–water partition coefficient (Wildman–Crippen LogP) is -1.68. The van der Waals surface area contributed by atoms with Crippen LogP contribution in [0.2, 0.25) is 0 Å². The molecule has 0 saturated carbocycles. The van der Waals surface area contributed by atoms with Crippen molar-refractivity contribution in [1.82, 2.24) is 4.98 Å². The fourth-order valence-corrected chi connectivity index (χ4v) is 2.60. The van der Waals surface area contributed by atoms with Gasteiger partial charge in [0.15, 0.2) is 5.70 Å². The van der Waals surface area contributed by atoms with Crippen LogP contribution in [0.3, 0.4) is 0 Å². The Labute approximate surface area is 136 Å². The van der Waals surface area contributed by atoms with Crippen LogP contribution >= 0.6 is 0 Å². The number of rotatable bonds is 3. The van der Waals surface area contributed by atoms with Crippen molar-refractivity contribution in [1.29, 1.82) is 0 Å². The highest BCUT2D eigenvalue weighted by Crippen LogP contribution is 2.32. The lowest BCUT2D eigenvalue weighted by Gasteiger charge is -2.24. The summed E-state index contributed by atoms with van der Waals surface area (Å²) in [6, 6.07) is 0.628. The molecule has 1 atom stereocenters. The molecule has 0 amide bonds. The molecular weight excluding hydrogens is 340 g/mol. The molecule has 4 N–H and O–H groups in total. The van der Waals surface area contributed by atoms with Crippen molar-refractivity contribution in [2.75, 3.05) is 0 Å². The van der Waals surface area contributed by atoms with Gasteiger partial charge in [-0.1, -0.05) is 0 Å². The molecule has 0 aromatic carbocycles. The zero-order valence-corrected chi connectivity index (χ0v) is 11.9. The first-order valence-corrected chi connectivity index (χ1v) is 6.50. The third-order valence-electron chi connectivity index (χ3n) is 3.65. The molecule has 0 saturated heterocycles. The molecule has 1 aromatic rings. The second-order valence-electron chi connectivity index (χ2n) is 5.03. The Kier molecular flexibility index (Phi) is 3.33. The SMILES string of the molecule is O=C(O)C1=CC2=C(c3c(C(=O)O)cc(C(=O)O)nc3C(=O)C2=O)[NH+]1[O-]. The van der Waals surface area contributed by atoms with Gasteiger partial charge in [0, 0.05) is 6.08 Å². The second kappa shape index (κ2) is 5.15. The number of aromatic nitrogens is 1. The lowest BCUT2D eigenvalue weighted by Crippen LogP contribution is -3.02. The molecule has 11 nitrogen and oxygen atoms in total. The standard InChI is InChI=1S/C14H6N2O9/c17-10-4-2-6(14(23)24)16(25)9(4)7-3(12(19)20)1-5(13(21)22)15-8(7)11(10)18/h1-2,16H,(H,19,20)(H,21,22)(H,23,24). The van der Waals surface area contributed by atoms with Gasteiger partial charge in [-0.15, -0.1) is 0 Å². The van der Waals surface area contributed by atoms with E-state index in [1.54, 1.807) is 0 Å². The molecule has 0 radical (unpaired) electrons. The number of pyridine rings is 1. The number of hydrogen-bond donors (Lipinski definition) is 4. The Hall–Kier alpha value is -3.70. The van der Waals surface area contributed by atoms with Crippen molar-refractivity contribution in [3.05, 3.63) is 51.1 Å². The van der Waals surface area contributed by atoms with Gasteiger partial charge in [-0.05, 0) is 6.07 Å². The van der Waals surface area contributed by atoms with Crippen molar-refractivity contribution in [2.45, 2.75) is 0 Å². The Morgan fingerprint density at radius 2 is 1.64 bits per heavy atom. The van der Waals surface area contributed by atoms with Crippen LogP contribution in [0.15, 0.2) is 23.4 Å². The van der Waals surface area contributed by atoms with Gasteiger partial charge in [0.25, 0.3) is 5.78 Å². The van der Waals surface area contributed by atoms with Crippen molar-refractivity contribution < 1.29 is 44.4 Å². The number of nitrogens with zero attached hydrogens (tertiary/aromatic N) is 1. The summed E-state index contributed by atoms with van der Waals surface area (Å²) in [7, 11) is 0. The molecule has 1 aromatic heterocycles. The molecule has 11 heteroatoms. The molecule has 3 rings (SSSR count).